The number of nitrogens with one attached hydrogen (secondary N) is 1. The fraction of sp³-hybridized carbons (Fsp3) is 0.300. The van der Waals surface area contributed by atoms with Crippen LogP contribution in [0.25, 0.3) is 10.8 Å². The number of hydrogen-bond acceptors (Lipinski definition) is 3. The molecule has 0 amide bonds. The second-order valence-electron chi connectivity index (χ2n) is 5.78. The van der Waals surface area contributed by atoms with Crippen LogP contribution in [0.2, 0.25) is 0 Å². The largest absolute Gasteiger partial charge is 0.490 e. The van der Waals surface area contributed by atoms with Crippen LogP contribution < -0.4 is 10.1 Å². The van der Waals surface area contributed by atoms with Crippen LogP contribution in [0.15, 0.2) is 53.9 Å². The Kier molecular flexibility index (Phi) is 5.31. The van der Waals surface area contributed by atoms with Crippen molar-refractivity contribution in [3.63, 3.8) is 0 Å². The summed E-state index contributed by atoms with van der Waals surface area (Å²) in [6, 6.07) is 17.0. The minimum atomic E-state index is 0.229. The third kappa shape index (κ3) is 3.92. The summed E-state index contributed by atoms with van der Waals surface area (Å²) in [6.45, 7) is 5.98. The van der Waals surface area contributed by atoms with Gasteiger partial charge in [-0.3, -0.25) is 0 Å². The lowest BCUT2D eigenvalue weighted by molar-refractivity contribution is 0.215. The van der Waals surface area contributed by atoms with Gasteiger partial charge >= 0.3 is 0 Å². The maximum absolute atomic E-state index is 6.15. The summed E-state index contributed by atoms with van der Waals surface area (Å²) in [5.41, 5.74) is 1.25. The Hall–Kier alpha value is -1.84. The van der Waals surface area contributed by atoms with E-state index in [4.69, 9.17) is 4.74 Å². The van der Waals surface area contributed by atoms with Crippen LogP contribution in [0.3, 0.4) is 0 Å². The predicted molar refractivity (Wildman–Crippen MR) is 99.2 cm³/mol. The summed E-state index contributed by atoms with van der Waals surface area (Å²) in [5.74, 6) is 0.997. The van der Waals surface area contributed by atoms with Gasteiger partial charge in [0.2, 0.25) is 0 Å². The summed E-state index contributed by atoms with van der Waals surface area (Å²) in [4.78, 5) is 1.36. The molecule has 2 aromatic carbocycles. The molecule has 0 saturated carbocycles. The van der Waals surface area contributed by atoms with E-state index in [0.29, 0.717) is 0 Å². The van der Waals surface area contributed by atoms with Gasteiger partial charge in [-0.2, -0.15) is 0 Å². The van der Waals surface area contributed by atoms with Crippen molar-refractivity contribution in [2.45, 2.75) is 39.5 Å². The van der Waals surface area contributed by atoms with Crippen molar-refractivity contribution in [3.8, 4) is 5.75 Å². The Bertz CT molecular complexity index is 751. The fourth-order valence-electron chi connectivity index (χ4n) is 2.63. The second kappa shape index (κ2) is 7.62. The van der Waals surface area contributed by atoms with E-state index in [1.807, 2.05) is 0 Å². The first-order valence-electron chi connectivity index (χ1n) is 8.18. The quantitative estimate of drug-likeness (QED) is 0.630. The first-order valence-corrected chi connectivity index (χ1v) is 9.06. The average molecular weight is 325 g/mol. The number of fused-ring (bicyclic) bond motifs is 1. The van der Waals surface area contributed by atoms with Gasteiger partial charge in [0.1, 0.15) is 5.75 Å². The van der Waals surface area contributed by atoms with Crippen molar-refractivity contribution in [2.75, 3.05) is 0 Å². The SMILES string of the molecule is CCC(C)Oc1ccc2ccccc2c1CNCc1cccs1. The monoisotopic (exact) mass is 325 g/mol. The lowest BCUT2D eigenvalue weighted by Gasteiger charge is -2.18. The van der Waals surface area contributed by atoms with Gasteiger partial charge in [0.25, 0.3) is 0 Å². The molecule has 1 atom stereocenters. The van der Waals surface area contributed by atoms with Gasteiger partial charge in [0, 0.05) is 23.5 Å². The van der Waals surface area contributed by atoms with Crippen molar-refractivity contribution in [1.82, 2.24) is 5.32 Å². The molecule has 0 aliphatic heterocycles. The first-order chi connectivity index (χ1) is 11.3. The molecule has 3 aromatic rings. The predicted octanol–water partition coefficient (Wildman–Crippen LogP) is 5.37. The third-order valence-corrected chi connectivity index (χ3v) is 4.96. The maximum atomic E-state index is 6.15. The molecule has 0 radical (unpaired) electrons. The number of thiophene rings is 1. The van der Waals surface area contributed by atoms with Crippen molar-refractivity contribution in [1.29, 1.82) is 0 Å². The molecule has 120 valence electrons. The molecule has 1 heterocycles. The summed E-state index contributed by atoms with van der Waals surface area (Å²) >= 11 is 1.79. The standard InChI is InChI=1S/C20H23NOS/c1-3-15(2)22-20-11-10-16-7-4-5-9-18(16)19(20)14-21-13-17-8-6-12-23-17/h4-12,15,21H,3,13-14H2,1-2H3. The average Bonchev–Trinajstić information content (AvgIpc) is 3.09. The highest BCUT2D eigenvalue weighted by Gasteiger charge is 2.11. The molecule has 23 heavy (non-hydrogen) atoms. The lowest BCUT2D eigenvalue weighted by Crippen LogP contribution is -2.16. The van der Waals surface area contributed by atoms with E-state index in [9.17, 15) is 0 Å². The normalized spacial score (nSPS) is 12.4. The molecule has 0 spiro atoms. The summed E-state index contributed by atoms with van der Waals surface area (Å²) < 4.78 is 6.15. The van der Waals surface area contributed by atoms with Crippen LogP contribution in [0.5, 0.6) is 5.75 Å². The summed E-state index contributed by atoms with van der Waals surface area (Å²) in [6.07, 6.45) is 1.24. The van der Waals surface area contributed by atoms with E-state index in [1.165, 1.54) is 21.2 Å². The first kappa shape index (κ1) is 16.0. The highest BCUT2D eigenvalue weighted by molar-refractivity contribution is 7.09. The third-order valence-electron chi connectivity index (χ3n) is 4.08. The Labute approximate surface area is 142 Å². The molecule has 3 heteroatoms. The van der Waals surface area contributed by atoms with Crippen LogP contribution in [0.4, 0.5) is 0 Å². The minimum absolute atomic E-state index is 0.229. The van der Waals surface area contributed by atoms with Crippen molar-refractivity contribution < 1.29 is 4.74 Å². The Morgan fingerprint density at radius 2 is 1.91 bits per heavy atom. The highest BCUT2D eigenvalue weighted by atomic mass is 32.1. The van der Waals surface area contributed by atoms with Crippen molar-refractivity contribution >= 4 is 22.1 Å². The van der Waals surface area contributed by atoms with Gasteiger partial charge in [0.15, 0.2) is 0 Å². The molecule has 1 aromatic heterocycles. The fourth-order valence-corrected chi connectivity index (χ4v) is 3.31. The van der Waals surface area contributed by atoms with Crippen LogP contribution in [0.1, 0.15) is 30.7 Å². The Morgan fingerprint density at radius 1 is 1.04 bits per heavy atom. The molecule has 1 N–H and O–H groups in total. The molecule has 0 saturated heterocycles. The van der Waals surface area contributed by atoms with Crippen LogP contribution in [-0.2, 0) is 13.1 Å². The topological polar surface area (TPSA) is 21.3 Å². The highest BCUT2D eigenvalue weighted by Crippen LogP contribution is 2.29. The molecule has 0 aliphatic carbocycles. The number of benzene rings is 2. The number of ether oxygens (including phenoxy) is 1. The number of hydrogen-bond donors (Lipinski definition) is 1. The van der Waals surface area contributed by atoms with E-state index in [-0.39, 0.29) is 6.10 Å². The summed E-state index contributed by atoms with van der Waals surface area (Å²) in [7, 11) is 0. The zero-order valence-corrected chi connectivity index (χ0v) is 14.5. The van der Waals surface area contributed by atoms with Crippen LogP contribution >= 0.6 is 11.3 Å². The molecule has 2 nitrogen and oxygen atoms in total. The van der Waals surface area contributed by atoms with E-state index < -0.39 is 0 Å². The van der Waals surface area contributed by atoms with Gasteiger partial charge in [0.05, 0.1) is 6.10 Å². The van der Waals surface area contributed by atoms with Gasteiger partial charge in [-0.1, -0.05) is 43.3 Å². The molecular weight excluding hydrogens is 302 g/mol. The molecule has 0 aliphatic rings. The van der Waals surface area contributed by atoms with Crippen LogP contribution in [-0.4, -0.2) is 6.10 Å². The van der Waals surface area contributed by atoms with E-state index in [1.54, 1.807) is 11.3 Å². The zero-order chi connectivity index (χ0) is 16.1. The van der Waals surface area contributed by atoms with Gasteiger partial charge in [-0.15, -0.1) is 11.3 Å². The molecular formula is C20H23NOS. The molecule has 3 rings (SSSR count). The van der Waals surface area contributed by atoms with Crippen LogP contribution in [0, 0.1) is 0 Å². The molecule has 1 unspecified atom stereocenters. The van der Waals surface area contributed by atoms with E-state index >= 15 is 0 Å². The number of rotatable bonds is 7. The minimum Gasteiger partial charge on any atom is -0.490 e. The Balaban J connectivity index is 1.85. The van der Waals surface area contributed by atoms with Gasteiger partial charge in [-0.05, 0) is 41.6 Å². The molecule has 0 fully saturated rings. The molecule has 0 bridgehead atoms. The smallest absolute Gasteiger partial charge is 0.124 e. The van der Waals surface area contributed by atoms with Gasteiger partial charge < -0.3 is 10.1 Å². The zero-order valence-electron chi connectivity index (χ0n) is 13.7. The Morgan fingerprint density at radius 3 is 2.70 bits per heavy atom. The van der Waals surface area contributed by atoms with Crippen molar-refractivity contribution in [3.05, 3.63) is 64.4 Å². The maximum Gasteiger partial charge on any atom is 0.124 e. The van der Waals surface area contributed by atoms with Crippen molar-refractivity contribution in [2.24, 2.45) is 0 Å². The van der Waals surface area contributed by atoms with Gasteiger partial charge in [-0.25, -0.2) is 0 Å². The lowest BCUT2D eigenvalue weighted by atomic mass is 10.0. The summed E-state index contributed by atoms with van der Waals surface area (Å²) in [5, 5.41) is 8.21. The van der Waals surface area contributed by atoms with E-state index in [0.717, 1.165) is 25.3 Å². The van der Waals surface area contributed by atoms with E-state index in [2.05, 4.69) is 73.1 Å². The second-order valence-corrected chi connectivity index (χ2v) is 6.82.